The number of fused-ring (bicyclic) bond motifs is 1. The Kier molecular flexibility index (Phi) is 3.39. The van der Waals surface area contributed by atoms with Gasteiger partial charge in [-0.3, -0.25) is 4.79 Å². The van der Waals surface area contributed by atoms with Crippen molar-refractivity contribution < 1.29 is 0 Å². The molecule has 3 rings (SSSR count). The molecule has 3 aromatic rings. The maximum Gasteiger partial charge on any atom is 0.258 e. The average Bonchev–Trinajstić information content (AvgIpc) is 2.94. The van der Waals surface area contributed by atoms with Crippen molar-refractivity contribution in [3.05, 3.63) is 51.2 Å². The number of benzene rings is 1. The first-order chi connectivity index (χ1) is 9.74. The lowest BCUT2D eigenvalue weighted by molar-refractivity contribution is 1.03. The molecule has 0 saturated heterocycles. The van der Waals surface area contributed by atoms with E-state index in [2.05, 4.69) is 32.1 Å². The molecular formula is C14H14N4OS. The largest absolute Gasteiger partial charge is 0.397 e. The fourth-order valence-electron chi connectivity index (χ4n) is 2.06. The Balaban J connectivity index is 1.81. The van der Waals surface area contributed by atoms with Gasteiger partial charge in [0.05, 0.1) is 28.6 Å². The van der Waals surface area contributed by atoms with E-state index in [0.717, 1.165) is 18.7 Å². The number of aromatic nitrogens is 2. The Hall–Kier alpha value is -2.34. The summed E-state index contributed by atoms with van der Waals surface area (Å²) >= 11 is 1.69. The molecule has 1 aromatic carbocycles. The van der Waals surface area contributed by atoms with E-state index in [9.17, 15) is 4.79 Å². The predicted octanol–water partition coefficient (Wildman–Crippen LogP) is 2.22. The summed E-state index contributed by atoms with van der Waals surface area (Å²) in [6, 6.07) is 5.58. The number of H-pyrrole nitrogens is 1. The van der Waals surface area contributed by atoms with Crippen molar-refractivity contribution >= 4 is 33.6 Å². The minimum atomic E-state index is -0.175. The SMILES string of the molecule is Nc1cc2c(=O)[nH]cnc2cc1NCCc1ccsc1. The van der Waals surface area contributed by atoms with Gasteiger partial charge in [0.1, 0.15) is 0 Å². The predicted molar refractivity (Wildman–Crippen MR) is 83.3 cm³/mol. The van der Waals surface area contributed by atoms with Gasteiger partial charge in [0.25, 0.3) is 5.56 Å². The van der Waals surface area contributed by atoms with Crippen LogP contribution in [0.1, 0.15) is 5.56 Å². The number of rotatable bonds is 4. The van der Waals surface area contributed by atoms with E-state index in [0.29, 0.717) is 16.6 Å². The molecule has 0 fully saturated rings. The van der Waals surface area contributed by atoms with Crippen molar-refractivity contribution in [1.82, 2.24) is 9.97 Å². The normalized spacial score (nSPS) is 10.8. The molecule has 102 valence electrons. The molecule has 0 aliphatic heterocycles. The quantitative estimate of drug-likeness (QED) is 0.642. The van der Waals surface area contributed by atoms with Crippen LogP contribution in [-0.4, -0.2) is 16.5 Å². The molecule has 0 aliphatic rings. The van der Waals surface area contributed by atoms with Gasteiger partial charge in [-0.2, -0.15) is 11.3 Å². The molecule has 0 aliphatic carbocycles. The van der Waals surface area contributed by atoms with Crippen molar-refractivity contribution in [3.63, 3.8) is 0 Å². The number of nitrogens with one attached hydrogen (secondary N) is 2. The first-order valence-corrected chi connectivity index (χ1v) is 7.20. The van der Waals surface area contributed by atoms with E-state index in [1.165, 1.54) is 11.9 Å². The number of anilines is 2. The summed E-state index contributed by atoms with van der Waals surface area (Å²) in [5.41, 5.74) is 9.11. The van der Waals surface area contributed by atoms with E-state index in [1.807, 2.05) is 6.07 Å². The van der Waals surface area contributed by atoms with Gasteiger partial charge in [-0.1, -0.05) is 0 Å². The number of nitrogens with two attached hydrogens (primary N) is 1. The van der Waals surface area contributed by atoms with Crippen LogP contribution in [-0.2, 0) is 6.42 Å². The van der Waals surface area contributed by atoms with Crippen LogP contribution < -0.4 is 16.6 Å². The Labute approximate surface area is 119 Å². The van der Waals surface area contributed by atoms with Crippen molar-refractivity contribution in [2.24, 2.45) is 0 Å². The fraction of sp³-hybridized carbons (Fsp3) is 0.143. The second-order valence-corrected chi connectivity index (χ2v) is 5.28. The zero-order chi connectivity index (χ0) is 13.9. The van der Waals surface area contributed by atoms with Gasteiger partial charge in [-0.05, 0) is 40.9 Å². The Bertz CT molecular complexity index is 779. The number of nitrogen functional groups attached to an aromatic ring is 1. The minimum absolute atomic E-state index is 0.175. The van der Waals surface area contributed by atoms with Gasteiger partial charge in [0.15, 0.2) is 0 Å². The van der Waals surface area contributed by atoms with Crippen LogP contribution >= 0.6 is 11.3 Å². The number of hydrogen-bond acceptors (Lipinski definition) is 5. The molecule has 0 spiro atoms. The summed E-state index contributed by atoms with van der Waals surface area (Å²) < 4.78 is 0. The first kappa shape index (κ1) is 12.7. The molecule has 0 amide bonds. The third kappa shape index (κ3) is 2.50. The van der Waals surface area contributed by atoms with Crippen LogP contribution in [0.15, 0.2) is 40.1 Å². The molecule has 6 heteroatoms. The third-order valence-electron chi connectivity index (χ3n) is 3.12. The highest BCUT2D eigenvalue weighted by atomic mass is 32.1. The number of thiophene rings is 1. The summed E-state index contributed by atoms with van der Waals surface area (Å²) in [6.45, 7) is 0.787. The van der Waals surface area contributed by atoms with Gasteiger partial charge >= 0.3 is 0 Å². The Morgan fingerprint density at radius 3 is 3.10 bits per heavy atom. The van der Waals surface area contributed by atoms with Crippen LogP contribution in [0.3, 0.4) is 0 Å². The Morgan fingerprint density at radius 1 is 1.40 bits per heavy atom. The van der Waals surface area contributed by atoms with Gasteiger partial charge < -0.3 is 16.0 Å². The van der Waals surface area contributed by atoms with Crippen LogP contribution in [0, 0.1) is 0 Å². The molecule has 0 bridgehead atoms. The second-order valence-electron chi connectivity index (χ2n) is 4.50. The van der Waals surface area contributed by atoms with Gasteiger partial charge in [0, 0.05) is 6.54 Å². The highest BCUT2D eigenvalue weighted by Gasteiger charge is 2.05. The van der Waals surface area contributed by atoms with E-state index in [-0.39, 0.29) is 5.56 Å². The van der Waals surface area contributed by atoms with Crippen LogP contribution in [0.4, 0.5) is 11.4 Å². The third-order valence-corrected chi connectivity index (χ3v) is 3.85. The zero-order valence-electron chi connectivity index (χ0n) is 10.7. The fourth-order valence-corrected chi connectivity index (χ4v) is 2.76. The lowest BCUT2D eigenvalue weighted by Crippen LogP contribution is -2.10. The van der Waals surface area contributed by atoms with Crippen molar-refractivity contribution in [2.75, 3.05) is 17.6 Å². The number of hydrogen-bond donors (Lipinski definition) is 3. The Morgan fingerprint density at radius 2 is 2.30 bits per heavy atom. The summed E-state index contributed by atoms with van der Waals surface area (Å²) in [7, 11) is 0. The second kappa shape index (κ2) is 5.34. The lowest BCUT2D eigenvalue weighted by Gasteiger charge is -2.09. The standard InChI is InChI=1S/C14H14N4OS/c15-11-5-10-12(17-8-18-14(10)19)6-13(11)16-3-1-9-2-4-20-7-9/h2,4-8,16H,1,3,15H2,(H,17,18,19). The smallest absolute Gasteiger partial charge is 0.258 e. The topological polar surface area (TPSA) is 83.8 Å². The van der Waals surface area contributed by atoms with E-state index in [4.69, 9.17) is 5.73 Å². The van der Waals surface area contributed by atoms with Gasteiger partial charge in [-0.15, -0.1) is 0 Å². The first-order valence-electron chi connectivity index (χ1n) is 6.26. The van der Waals surface area contributed by atoms with E-state index >= 15 is 0 Å². The van der Waals surface area contributed by atoms with Crippen LogP contribution in [0.5, 0.6) is 0 Å². The van der Waals surface area contributed by atoms with Gasteiger partial charge in [-0.25, -0.2) is 4.98 Å². The van der Waals surface area contributed by atoms with E-state index in [1.54, 1.807) is 17.4 Å². The summed E-state index contributed by atoms with van der Waals surface area (Å²) in [6.07, 6.45) is 2.33. The highest BCUT2D eigenvalue weighted by molar-refractivity contribution is 7.07. The maximum atomic E-state index is 11.6. The molecule has 2 aromatic heterocycles. The summed E-state index contributed by atoms with van der Waals surface area (Å²) in [5, 5.41) is 7.99. The molecule has 0 atom stereocenters. The van der Waals surface area contributed by atoms with Crippen LogP contribution in [0.2, 0.25) is 0 Å². The monoisotopic (exact) mass is 286 g/mol. The maximum absolute atomic E-state index is 11.6. The average molecular weight is 286 g/mol. The molecular weight excluding hydrogens is 272 g/mol. The molecule has 0 radical (unpaired) electrons. The number of aromatic amines is 1. The summed E-state index contributed by atoms with van der Waals surface area (Å²) in [5.74, 6) is 0. The van der Waals surface area contributed by atoms with Crippen molar-refractivity contribution in [1.29, 1.82) is 0 Å². The molecule has 4 N–H and O–H groups in total. The molecule has 20 heavy (non-hydrogen) atoms. The summed E-state index contributed by atoms with van der Waals surface area (Å²) in [4.78, 5) is 18.3. The van der Waals surface area contributed by atoms with Gasteiger partial charge in [0.2, 0.25) is 0 Å². The van der Waals surface area contributed by atoms with E-state index < -0.39 is 0 Å². The molecule has 2 heterocycles. The molecule has 5 nitrogen and oxygen atoms in total. The molecule has 0 saturated carbocycles. The number of nitrogens with zero attached hydrogens (tertiary/aromatic N) is 1. The molecule has 0 unspecified atom stereocenters. The van der Waals surface area contributed by atoms with Crippen molar-refractivity contribution in [2.45, 2.75) is 6.42 Å². The minimum Gasteiger partial charge on any atom is -0.397 e. The van der Waals surface area contributed by atoms with Crippen molar-refractivity contribution in [3.8, 4) is 0 Å². The van der Waals surface area contributed by atoms with Crippen LogP contribution in [0.25, 0.3) is 10.9 Å². The highest BCUT2D eigenvalue weighted by Crippen LogP contribution is 2.22. The lowest BCUT2D eigenvalue weighted by atomic mass is 10.2. The zero-order valence-corrected chi connectivity index (χ0v) is 11.5.